The second-order valence-corrected chi connectivity index (χ2v) is 3.70. The van der Waals surface area contributed by atoms with Crippen LogP contribution in [-0.4, -0.2) is 35.0 Å². The zero-order valence-corrected chi connectivity index (χ0v) is 8.70. The first-order chi connectivity index (χ1) is 6.45. The lowest BCUT2D eigenvalue weighted by molar-refractivity contribution is -0.133. The summed E-state index contributed by atoms with van der Waals surface area (Å²) < 4.78 is 0. The summed E-state index contributed by atoms with van der Waals surface area (Å²) >= 11 is 0. The van der Waals surface area contributed by atoms with E-state index in [1.54, 1.807) is 18.9 Å². The monoisotopic (exact) mass is 197 g/mol. The molecule has 0 bridgehead atoms. The van der Waals surface area contributed by atoms with E-state index in [1.165, 1.54) is 6.92 Å². The van der Waals surface area contributed by atoms with E-state index in [0.29, 0.717) is 11.6 Å². The van der Waals surface area contributed by atoms with E-state index in [2.05, 4.69) is 0 Å². The molecule has 4 heteroatoms. The smallest absolute Gasteiger partial charge is 0.331 e. The fourth-order valence-electron chi connectivity index (χ4n) is 1.21. The maximum Gasteiger partial charge on any atom is 0.331 e. The van der Waals surface area contributed by atoms with Gasteiger partial charge in [0, 0.05) is 24.2 Å². The number of nitrogens with zero attached hydrogens (tertiary/aromatic N) is 1. The maximum absolute atomic E-state index is 11.7. The molecule has 1 N–H and O–H groups in total. The molecule has 0 radical (unpaired) electrons. The molecule has 1 aliphatic carbocycles. The SMILES string of the molecule is CC(C(=O)O)=C(C)C(=O)N(C)C1CC1. The number of carbonyl (C=O) groups excluding carboxylic acids is 1. The van der Waals surface area contributed by atoms with Gasteiger partial charge in [-0.25, -0.2) is 4.79 Å². The lowest BCUT2D eigenvalue weighted by Crippen LogP contribution is -2.30. The predicted octanol–water partition coefficient (Wildman–Crippen LogP) is 1.03. The summed E-state index contributed by atoms with van der Waals surface area (Å²) in [5, 5.41) is 8.71. The summed E-state index contributed by atoms with van der Waals surface area (Å²) in [6.45, 7) is 3.01. The Labute approximate surface area is 83.2 Å². The number of hydrogen-bond donors (Lipinski definition) is 1. The highest BCUT2D eigenvalue weighted by Gasteiger charge is 2.30. The van der Waals surface area contributed by atoms with Crippen molar-refractivity contribution in [1.82, 2.24) is 4.90 Å². The van der Waals surface area contributed by atoms with Gasteiger partial charge in [-0.15, -0.1) is 0 Å². The third kappa shape index (κ3) is 2.13. The summed E-state index contributed by atoms with van der Waals surface area (Å²) in [6, 6.07) is 0.319. The van der Waals surface area contributed by atoms with Crippen molar-refractivity contribution in [3.05, 3.63) is 11.1 Å². The van der Waals surface area contributed by atoms with Crippen molar-refractivity contribution < 1.29 is 14.7 Å². The minimum atomic E-state index is -1.03. The van der Waals surface area contributed by atoms with Crippen LogP contribution >= 0.6 is 0 Å². The van der Waals surface area contributed by atoms with E-state index in [1.807, 2.05) is 0 Å². The topological polar surface area (TPSA) is 57.6 Å². The summed E-state index contributed by atoms with van der Waals surface area (Å²) in [6.07, 6.45) is 2.06. The van der Waals surface area contributed by atoms with Gasteiger partial charge in [-0.05, 0) is 26.7 Å². The van der Waals surface area contributed by atoms with Crippen molar-refractivity contribution in [3.8, 4) is 0 Å². The molecule has 0 atom stereocenters. The highest BCUT2D eigenvalue weighted by atomic mass is 16.4. The van der Waals surface area contributed by atoms with Gasteiger partial charge in [0.15, 0.2) is 0 Å². The van der Waals surface area contributed by atoms with Crippen molar-refractivity contribution in [3.63, 3.8) is 0 Å². The Balaban J connectivity index is 2.77. The predicted molar refractivity (Wildman–Crippen MR) is 51.8 cm³/mol. The number of carboxylic acids is 1. The van der Waals surface area contributed by atoms with Crippen LogP contribution in [0.5, 0.6) is 0 Å². The molecule has 1 amide bonds. The maximum atomic E-state index is 11.7. The summed E-state index contributed by atoms with van der Waals surface area (Å²) in [4.78, 5) is 23.9. The lowest BCUT2D eigenvalue weighted by atomic mass is 10.1. The number of carbonyl (C=O) groups is 2. The standard InChI is InChI=1S/C10H15NO3/c1-6(7(2)10(13)14)9(12)11(3)8-4-5-8/h8H,4-5H2,1-3H3,(H,13,14). The Morgan fingerprint density at radius 1 is 1.21 bits per heavy atom. The highest BCUT2D eigenvalue weighted by Crippen LogP contribution is 2.26. The lowest BCUT2D eigenvalue weighted by Gasteiger charge is -2.17. The van der Waals surface area contributed by atoms with Gasteiger partial charge < -0.3 is 10.0 Å². The van der Waals surface area contributed by atoms with Crippen LogP contribution in [0.25, 0.3) is 0 Å². The van der Waals surface area contributed by atoms with E-state index < -0.39 is 5.97 Å². The number of aliphatic carboxylic acids is 1. The van der Waals surface area contributed by atoms with Gasteiger partial charge in [0.25, 0.3) is 0 Å². The van der Waals surface area contributed by atoms with Crippen molar-refractivity contribution >= 4 is 11.9 Å². The molecular formula is C10H15NO3. The van der Waals surface area contributed by atoms with Crippen LogP contribution in [0.2, 0.25) is 0 Å². The van der Waals surface area contributed by atoms with Crippen LogP contribution in [0.15, 0.2) is 11.1 Å². The number of amides is 1. The van der Waals surface area contributed by atoms with Crippen LogP contribution in [0.3, 0.4) is 0 Å². The van der Waals surface area contributed by atoms with Crippen molar-refractivity contribution in [2.45, 2.75) is 32.7 Å². The number of rotatable bonds is 3. The van der Waals surface area contributed by atoms with Gasteiger partial charge in [0.05, 0.1) is 0 Å². The second-order valence-electron chi connectivity index (χ2n) is 3.70. The van der Waals surface area contributed by atoms with Gasteiger partial charge >= 0.3 is 5.97 Å². The van der Waals surface area contributed by atoms with Gasteiger partial charge in [-0.1, -0.05) is 0 Å². The molecule has 0 aromatic rings. The van der Waals surface area contributed by atoms with Crippen molar-refractivity contribution in [1.29, 1.82) is 0 Å². The molecule has 1 rings (SSSR count). The third-order valence-corrected chi connectivity index (χ3v) is 2.62. The van der Waals surface area contributed by atoms with E-state index >= 15 is 0 Å². The molecule has 1 saturated carbocycles. The number of hydrogen-bond acceptors (Lipinski definition) is 2. The fraction of sp³-hybridized carbons (Fsp3) is 0.600. The van der Waals surface area contributed by atoms with Gasteiger partial charge in [0.1, 0.15) is 0 Å². The van der Waals surface area contributed by atoms with Crippen LogP contribution in [0, 0.1) is 0 Å². The highest BCUT2D eigenvalue weighted by molar-refractivity contribution is 6.01. The molecule has 0 spiro atoms. The first-order valence-electron chi connectivity index (χ1n) is 4.63. The van der Waals surface area contributed by atoms with Crippen LogP contribution in [0.1, 0.15) is 26.7 Å². The van der Waals surface area contributed by atoms with Gasteiger partial charge in [-0.2, -0.15) is 0 Å². The molecule has 0 saturated heterocycles. The van der Waals surface area contributed by atoms with Crippen molar-refractivity contribution in [2.24, 2.45) is 0 Å². The normalized spacial score (nSPS) is 17.4. The molecule has 0 heterocycles. The van der Waals surface area contributed by atoms with Crippen LogP contribution in [0.4, 0.5) is 0 Å². The number of likely N-dealkylation sites (N-methyl/N-ethyl adjacent to an activating group) is 1. The Morgan fingerprint density at radius 3 is 2.07 bits per heavy atom. The Morgan fingerprint density at radius 2 is 1.71 bits per heavy atom. The third-order valence-electron chi connectivity index (χ3n) is 2.62. The first kappa shape index (κ1) is 10.8. The Kier molecular flexibility index (Phi) is 2.93. The molecule has 0 unspecified atom stereocenters. The average molecular weight is 197 g/mol. The first-order valence-corrected chi connectivity index (χ1v) is 4.63. The minimum absolute atomic E-state index is 0.127. The van der Waals surface area contributed by atoms with E-state index in [9.17, 15) is 9.59 Å². The zero-order chi connectivity index (χ0) is 10.9. The second kappa shape index (κ2) is 3.82. The van der Waals surface area contributed by atoms with Crippen LogP contribution in [-0.2, 0) is 9.59 Å². The van der Waals surface area contributed by atoms with Gasteiger partial charge in [-0.3, -0.25) is 4.79 Å². The Hall–Kier alpha value is -1.32. The molecule has 4 nitrogen and oxygen atoms in total. The van der Waals surface area contributed by atoms with Crippen molar-refractivity contribution in [2.75, 3.05) is 7.05 Å². The molecule has 0 aromatic carbocycles. The molecule has 0 aliphatic heterocycles. The minimum Gasteiger partial charge on any atom is -0.478 e. The van der Waals surface area contributed by atoms with Crippen LogP contribution < -0.4 is 0 Å². The molecule has 1 fully saturated rings. The quantitative estimate of drug-likeness (QED) is 0.687. The number of carboxylic acid groups (broad SMARTS) is 1. The van der Waals surface area contributed by atoms with E-state index in [-0.39, 0.29) is 11.5 Å². The molecular weight excluding hydrogens is 182 g/mol. The molecule has 78 valence electrons. The Bertz CT molecular complexity index is 302. The summed E-state index contributed by atoms with van der Waals surface area (Å²) in [5.41, 5.74) is 0.453. The average Bonchev–Trinajstić information content (AvgIpc) is 2.96. The fourth-order valence-corrected chi connectivity index (χ4v) is 1.21. The zero-order valence-electron chi connectivity index (χ0n) is 8.70. The summed E-state index contributed by atoms with van der Waals surface area (Å²) in [7, 11) is 1.72. The van der Waals surface area contributed by atoms with Gasteiger partial charge in [0.2, 0.25) is 5.91 Å². The molecule has 0 aromatic heterocycles. The largest absolute Gasteiger partial charge is 0.478 e. The van der Waals surface area contributed by atoms with E-state index in [0.717, 1.165) is 12.8 Å². The molecule has 14 heavy (non-hydrogen) atoms. The van der Waals surface area contributed by atoms with E-state index in [4.69, 9.17) is 5.11 Å². The molecule has 1 aliphatic rings. The summed E-state index contributed by atoms with van der Waals surface area (Å²) in [5.74, 6) is -1.20.